The van der Waals surface area contributed by atoms with Crippen LogP contribution >= 0.6 is 0 Å². The fraction of sp³-hybridized carbons (Fsp3) is 0.167. The lowest BCUT2D eigenvalue weighted by atomic mass is 9.93. The van der Waals surface area contributed by atoms with Crippen LogP contribution in [0.25, 0.3) is 16.6 Å². The van der Waals surface area contributed by atoms with E-state index in [-0.39, 0.29) is 23.3 Å². The largest absolute Gasteiger partial charge is 0.345 e. The molecule has 8 nitrogen and oxygen atoms in total. The van der Waals surface area contributed by atoms with Gasteiger partial charge >= 0.3 is 0 Å². The Kier molecular flexibility index (Phi) is 6.11. The maximum atomic E-state index is 13.8. The zero-order chi connectivity index (χ0) is 27.1. The van der Waals surface area contributed by atoms with E-state index >= 15 is 0 Å². The third-order valence-electron chi connectivity index (χ3n) is 7.16. The lowest BCUT2D eigenvalue weighted by Crippen LogP contribution is -2.42. The SMILES string of the molecule is Cc1cccc([C@@H]2[C@@H](NC(=O)c3cnccn3)[C@@H](C)C(=O)N2c2ccc3c(cnn3-c3ccc(F)cc3)c2)c1. The standard InChI is InChI=1S/C30H25FN6O2/c1-18-4-3-5-20(14-18)28-27(35-29(38)25-17-32-12-13-33-25)19(2)30(39)36(28)24-10-11-26-21(15-24)16-34-37(26)23-8-6-22(31)7-9-23/h3-17,19,27-28H,1-2H3,(H,35,38)/t19-,27+,28-/m1/s1. The molecule has 1 fully saturated rings. The average Bonchev–Trinajstić information content (AvgIpc) is 3.48. The molecule has 0 spiro atoms. The number of amides is 2. The number of nitrogens with zero attached hydrogens (tertiary/aromatic N) is 5. The Bertz CT molecular complexity index is 1690. The molecule has 194 valence electrons. The van der Waals surface area contributed by atoms with Crippen molar-refractivity contribution in [2.24, 2.45) is 5.92 Å². The second-order valence-electron chi connectivity index (χ2n) is 9.72. The number of fused-ring (bicyclic) bond motifs is 1. The summed E-state index contributed by atoms with van der Waals surface area (Å²) in [6, 6.07) is 18.8. The minimum Gasteiger partial charge on any atom is -0.345 e. The van der Waals surface area contributed by atoms with E-state index in [2.05, 4.69) is 20.4 Å². The number of aryl methyl sites for hydroxylation is 1. The first-order chi connectivity index (χ1) is 18.9. The van der Waals surface area contributed by atoms with Gasteiger partial charge in [0.15, 0.2) is 0 Å². The molecule has 0 radical (unpaired) electrons. The van der Waals surface area contributed by atoms with E-state index in [1.54, 1.807) is 27.9 Å². The highest BCUT2D eigenvalue weighted by atomic mass is 19.1. The monoisotopic (exact) mass is 520 g/mol. The highest BCUT2D eigenvalue weighted by molar-refractivity contribution is 6.02. The van der Waals surface area contributed by atoms with Gasteiger partial charge in [0.2, 0.25) is 5.91 Å². The van der Waals surface area contributed by atoms with Crippen molar-refractivity contribution in [3.05, 3.63) is 114 Å². The van der Waals surface area contributed by atoms with E-state index in [9.17, 15) is 14.0 Å². The van der Waals surface area contributed by atoms with E-state index in [1.807, 2.05) is 56.3 Å². The Morgan fingerprint density at radius 3 is 2.51 bits per heavy atom. The number of carbonyl (C=O) groups excluding carboxylic acids is 2. The number of hydrogen-bond donors (Lipinski definition) is 1. The Morgan fingerprint density at radius 1 is 0.974 bits per heavy atom. The minimum atomic E-state index is -0.508. The first-order valence-corrected chi connectivity index (χ1v) is 12.6. The number of hydrogen-bond acceptors (Lipinski definition) is 5. The van der Waals surface area contributed by atoms with Gasteiger partial charge in [0, 0.05) is 23.5 Å². The number of nitrogens with one attached hydrogen (secondary N) is 1. The molecular formula is C30H25FN6O2. The fourth-order valence-electron chi connectivity index (χ4n) is 5.25. The van der Waals surface area contributed by atoms with Crippen LogP contribution in [0, 0.1) is 18.7 Å². The summed E-state index contributed by atoms with van der Waals surface area (Å²) in [7, 11) is 0. The van der Waals surface area contributed by atoms with Crippen LogP contribution in [0.4, 0.5) is 10.1 Å². The van der Waals surface area contributed by atoms with Crippen molar-refractivity contribution >= 4 is 28.4 Å². The summed E-state index contributed by atoms with van der Waals surface area (Å²) in [5, 5.41) is 8.38. The van der Waals surface area contributed by atoms with Crippen molar-refractivity contribution in [1.29, 1.82) is 0 Å². The van der Waals surface area contributed by atoms with E-state index in [0.717, 1.165) is 27.7 Å². The molecule has 3 atom stereocenters. The summed E-state index contributed by atoms with van der Waals surface area (Å²) < 4.78 is 15.2. The molecular weight excluding hydrogens is 495 g/mol. The Labute approximate surface area is 224 Å². The van der Waals surface area contributed by atoms with Gasteiger partial charge in [-0.05, 0) is 55.0 Å². The number of rotatable bonds is 5. The van der Waals surface area contributed by atoms with Crippen LogP contribution in [0.1, 0.15) is 34.6 Å². The lowest BCUT2D eigenvalue weighted by Gasteiger charge is -2.29. The molecule has 0 saturated carbocycles. The summed E-state index contributed by atoms with van der Waals surface area (Å²) in [6.07, 6.45) is 6.10. The zero-order valence-electron chi connectivity index (χ0n) is 21.3. The molecule has 0 unspecified atom stereocenters. The van der Waals surface area contributed by atoms with Crippen LogP contribution in [0.3, 0.4) is 0 Å². The average molecular weight is 521 g/mol. The number of benzene rings is 3. The molecule has 2 amide bonds. The highest BCUT2D eigenvalue weighted by Gasteiger charge is 2.48. The van der Waals surface area contributed by atoms with Gasteiger partial charge in [0.1, 0.15) is 11.5 Å². The first kappa shape index (κ1) is 24.4. The molecule has 3 aromatic carbocycles. The predicted octanol–water partition coefficient (Wildman–Crippen LogP) is 4.79. The highest BCUT2D eigenvalue weighted by Crippen LogP contribution is 2.41. The predicted molar refractivity (Wildman–Crippen MR) is 145 cm³/mol. The van der Waals surface area contributed by atoms with Crippen LogP contribution in [-0.2, 0) is 4.79 Å². The van der Waals surface area contributed by atoms with Crippen molar-refractivity contribution in [2.75, 3.05) is 4.90 Å². The van der Waals surface area contributed by atoms with E-state index in [4.69, 9.17) is 0 Å². The van der Waals surface area contributed by atoms with Gasteiger partial charge in [0.25, 0.3) is 5.91 Å². The molecule has 3 heterocycles. The summed E-state index contributed by atoms with van der Waals surface area (Å²) in [5.41, 5.74) is 4.40. The van der Waals surface area contributed by atoms with Crippen molar-refractivity contribution < 1.29 is 14.0 Å². The summed E-state index contributed by atoms with van der Waals surface area (Å²) >= 11 is 0. The topological polar surface area (TPSA) is 93.0 Å². The molecule has 39 heavy (non-hydrogen) atoms. The number of aromatic nitrogens is 4. The second-order valence-corrected chi connectivity index (χ2v) is 9.72. The van der Waals surface area contributed by atoms with Gasteiger partial charge in [-0.3, -0.25) is 14.6 Å². The smallest absolute Gasteiger partial charge is 0.271 e. The van der Waals surface area contributed by atoms with Crippen molar-refractivity contribution in [3.8, 4) is 5.69 Å². The normalized spacial score (nSPS) is 19.0. The van der Waals surface area contributed by atoms with Gasteiger partial charge in [-0.2, -0.15) is 5.10 Å². The van der Waals surface area contributed by atoms with E-state index in [0.29, 0.717) is 5.69 Å². The molecule has 1 N–H and O–H groups in total. The summed E-state index contributed by atoms with van der Waals surface area (Å²) in [5.74, 6) is -1.30. The molecule has 1 aliphatic rings. The Morgan fingerprint density at radius 2 is 1.77 bits per heavy atom. The Balaban J connectivity index is 1.41. The van der Waals surface area contributed by atoms with Crippen molar-refractivity contribution in [1.82, 2.24) is 25.1 Å². The third-order valence-corrected chi connectivity index (χ3v) is 7.16. The van der Waals surface area contributed by atoms with Gasteiger partial charge < -0.3 is 10.2 Å². The van der Waals surface area contributed by atoms with Gasteiger partial charge in [-0.15, -0.1) is 0 Å². The molecule has 9 heteroatoms. The quantitative estimate of drug-likeness (QED) is 0.360. The molecule has 1 aliphatic heterocycles. The van der Waals surface area contributed by atoms with Gasteiger partial charge in [0.05, 0.1) is 41.6 Å². The number of carbonyl (C=O) groups is 2. The van der Waals surface area contributed by atoms with E-state index in [1.165, 1.54) is 30.7 Å². The molecule has 2 aromatic heterocycles. The molecule has 6 rings (SSSR count). The maximum absolute atomic E-state index is 13.8. The van der Waals surface area contributed by atoms with Gasteiger partial charge in [-0.1, -0.05) is 36.8 Å². The first-order valence-electron chi connectivity index (χ1n) is 12.6. The van der Waals surface area contributed by atoms with E-state index < -0.39 is 18.0 Å². The van der Waals surface area contributed by atoms with Crippen LogP contribution in [0.2, 0.25) is 0 Å². The van der Waals surface area contributed by atoms with Crippen LogP contribution in [-0.4, -0.2) is 37.6 Å². The molecule has 5 aromatic rings. The number of anilines is 1. The minimum absolute atomic E-state index is 0.101. The fourth-order valence-corrected chi connectivity index (χ4v) is 5.25. The van der Waals surface area contributed by atoms with Gasteiger partial charge in [-0.25, -0.2) is 14.1 Å². The zero-order valence-corrected chi connectivity index (χ0v) is 21.3. The number of halogens is 1. The summed E-state index contributed by atoms with van der Waals surface area (Å²) in [4.78, 5) is 36.8. The molecule has 0 aliphatic carbocycles. The lowest BCUT2D eigenvalue weighted by molar-refractivity contribution is -0.120. The Hall–Kier alpha value is -4.92. The third kappa shape index (κ3) is 4.41. The van der Waals surface area contributed by atoms with Crippen LogP contribution < -0.4 is 10.2 Å². The second kappa shape index (κ2) is 9.75. The van der Waals surface area contributed by atoms with Crippen molar-refractivity contribution in [2.45, 2.75) is 25.9 Å². The maximum Gasteiger partial charge on any atom is 0.271 e. The summed E-state index contributed by atoms with van der Waals surface area (Å²) in [6.45, 7) is 3.83. The molecule has 0 bridgehead atoms. The van der Waals surface area contributed by atoms with Crippen LogP contribution in [0.5, 0.6) is 0 Å². The van der Waals surface area contributed by atoms with Crippen LogP contribution in [0.15, 0.2) is 91.5 Å². The molecule has 1 saturated heterocycles. The van der Waals surface area contributed by atoms with Crippen molar-refractivity contribution in [3.63, 3.8) is 0 Å².